The van der Waals surface area contributed by atoms with Crippen molar-refractivity contribution in [3.05, 3.63) is 0 Å². The molecule has 1 aliphatic heterocycles. The van der Waals surface area contributed by atoms with Crippen molar-refractivity contribution in [2.24, 2.45) is 0 Å². The van der Waals surface area contributed by atoms with Crippen molar-refractivity contribution < 1.29 is 0 Å². The molecule has 0 amide bonds. The summed E-state index contributed by atoms with van der Waals surface area (Å²) in [6, 6.07) is 3.40. The van der Waals surface area contributed by atoms with Gasteiger partial charge in [0.25, 0.3) is 0 Å². The summed E-state index contributed by atoms with van der Waals surface area (Å²) in [5.74, 6) is 0. The lowest BCUT2D eigenvalue weighted by molar-refractivity contribution is 1.46. The van der Waals surface area contributed by atoms with Gasteiger partial charge in [-0.15, -0.1) is 0 Å². The molecule has 0 spiro atoms. The van der Waals surface area contributed by atoms with E-state index in [-0.39, 0.29) is 0 Å². The zero-order valence-corrected chi connectivity index (χ0v) is 6.36. The predicted octanol–water partition coefficient (Wildman–Crippen LogP) is -0.450. The summed E-state index contributed by atoms with van der Waals surface area (Å²) in [6.45, 7) is 0. The first-order chi connectivity index (χ1) is 2.50. The Morgan fingerprint density at radius 1 is 1.00 bits per heavy atom. The van der Waals surface area contributed by atoms with Crippen LogP contribution in [0.25, 0.3) is 0 Å². The molecule has 5 heavy (non-hydrogen) atoms. The van der Waals surface area contributed by atoms with E-state index in [1.54, 1.807) is 17.8 Å². The maximum atomic E-state index is 1.78. The van der Waals surface area contributed by atoms with Crippen molar-refractivity contribution in [2.75, 3.05) is 0 Å². The van der Waals surface area contributed by atoms with Crippen molar-refractivity contribution in [3.63, 3.8) is 0 Å². The minimum atomic E-state index is 0.605. The van der Waals surface area contributed by atoms with Gasteiger partial charge in [-0.05, 0) is 0 Å². The highest BCUT2D eigenvalue weighted by Crippen LogP contribution is 2.01. The fourth-order valence-corrected chi connectivity index (χ4v) is 7.95. The highest BCUT2D eigenvalue weighted by molar-refractivity contribution is 6.61. The summed E-state index contributed by atoms with van der Waals surface area (Å²) in [5.41, 5.74) is 1.78. The van der Waals surface area contributed by atoms with E-state index in [1.165, 1.54) is 0 Å². The van der Waals surface area contributed by atoms with Crippen LogP contribution < -0.4 is 0 Å². The Kier molecular flexibility index (Phi) is 1.28. The van der Waals surface area contributed by atoms with E-state index in [0.717, 1.165) is 0 Å². The average Bonchev–Trinajstić information content (AvgIpc) is 1.76. The van der Waals surface area contributed by atoms with Crippen LogP contribution in [0.3, 0.4) is 0 Å². The van der Waals surface area contributed by atoms with Crippen LogP contribution in [0, 0.1) is 0 Å². The van der Waals surface area contributed by atoms with E-state index in [1.807, 2.05) is 0 Å². The molecule has 1 aliphatic rings. The minimum Gasteiger partial charge on any atom is -0.0721 e. The first-order valence-corrected chi connectivity index (χ1v) is 6.50. The largest absolute Gasteiger partial charge is 0.0721 e. The summed E-state index contributed by atoms with van der Waals surface area (Å²) in [4.78, 5) is 0. The molecule has 0 radical (unpaired) electrons. The Labute approximate surface area is 37.6 Å². The van der Waals surface area contributed by atoms with Gasteiger partial charge in [-0.25, -0.2) is 0 Å². The Morgan fingerprint density at radius 2 is 1.60 bits per heavy atom. The average molecular weight is 102 g/mol. The molecule has 0 nitrogen and oxygen atoms in total. The topological polar surface area (TPSA) is 0 Å². The molecule has 0 saturated carbocycles. The van der Waals surface area contributed by atoms with Gasteiger partial charge < -0.3 is 0 Å². The number of hydrogen-bond acceptors (Lipinski definition) is 0. The van der Waals surface area contributed by atoms with Gasteiger partial charge in [-0.2, -0.15) is 0 Å². The van der Waals surface area contributed by atoms with Gasteiger partial charge in [-0.1, -0.05) is 17.8 Å². The lowest BCUT2D eigenvalue weighted by Crippen LogP contribution is -1.74. The molecule has 1 rings (SSSR count). The van der Waals surface area contributed by atoms with E-state index in [9.17, 15) is 0 Å². The maximum Gasteiger partial charge on any atom is 0.0163 e. The van der Waals surface area contributed by atoms with Crippen LogP contribution >= 0.6 is 0 Å². The molecule has 0 bridgehead atoms. The van der Waals surface area contributed by atoms with Gasteiger partial charge in [0.05, 0.1) is 0 Å². The second-order valence-electron chi connectivity index (χ2n) is 1.77. The van der Waals surface area contributed by atoms with Gasteiger partial charge in [0.2, 0.25) is 0 Å². The van der Waals surface area contributed by atoms with E-state index in [4.69, 9.17) is 0 Å². The predicted molar refractivity (Wildman–Crippen MR) is 31.5 cm³/mol. The van der Waals surface area contributed by atoms with Gasteiger partial charge >= 0.3 is 0 Å². The second kappa shape index (κ2) is 1.77. The number of hydrogen-bond donors (Lipinski definition) is 0. The third-order valence-corrected chi connectivity index (χ3v) is 8.25. The lowest BCUT2D eigenvalue weighted by Gasteiger charge is -1.66. The van der Waals surface area contributed by atoms with Crippen molar-refractivity contribution >= 4 is 19.0 Å². The van der Waals surface area contributed by atoms with Crippen LogP contribution in [0.5, 0.6) is 0 Å². The Morgan fingerprint density at radius 3 is 1.80 bits per heavy atom. The van der Waals surface area contributed by atoms with E-state index >= 15 is 0 Å². The van der Waals surface area contributed by atoms with Crippen LogP contribution in [0.1, 0.15) is 0 Å². The smallest absolute Gasteiger partial charge is 0.0163 e. The summed E-state index contributed by atoms with van der Waals surface area (Å²) in [6.07, 6.45) is 0. The number of rotatable bonds is 0. The Balaban J connectivity index is 2.08. The first-order valence-electron chi connectivity index (χ1n) is 2.50. The van der Waals surface area contributed by atoms with Gasteiger partial charge in [0.15, 0.2) is 0 Å². The molecule has 0 N–H and O–H groups in total. The molecule has 2 heteroatoms. The molecule has 1 fully saturated rings. The zero-order valence-electron chi connectivity index (χ0n) is 3.54. The molecule has 30 valence electrons. The van der Waals surface area contributed by atoms with Crippen molar-refractivity contribution in [1.82, 2.24) is 0 Å². The fourth-order valence-electron chi connectivity index (χ4n) is 0.884. The third-order valence-electron chi connectivity index (χ3n) is 1.25. The third kappa shape index (κ3) is 0.889. The van der Waals surface area contributed by atoms with Crippen molar-refractivity contribution in [2.45, 2.75) is 17.8 Å². The van der Waals surface area contributed by atoms with Crippen LogP contribution in [-0.4, -0.2) is 19.0 Å². The molecule has 1 heterocycles. The van der Waals surface area contributed by atoms with Gasteiger partial charge in [0, 0.05) is 19.0 Å². The summed E-state index contributed by atoms with van der Waals surface area (Å²) in [7, 11) is 1.21. The monoisotopic (exact) mass is 102 g/mol. The van der Waals surface area contributed by atoms with Crippen LogP contribution in [0.4, 0.5) is 0 Å². The van der Waals surface area contributed by atoms with Crippen molar-refractivity contribution in [3.8, 4) is 0 Å². The molecule has 0 aromatic heterocycles. The Hall–Kier alpha value is 0.434. The van der Waals surface area contributed by atoms with Gasteiger partial charge in [0.1, 0.15) is 0 Å². The van der Waals surface area contributed by atoms with Crippen LogP contribution in [0.2, 0.25) is 17.8 Å². The molecule has 0 atom stereocenters. The fraction of sp³-hybridized carbons (Fsp3) is 1.00. The molecule has 0 aromatic rings. The standard InChI is InChI=1S/C3H10Si2/c1-2-5-3-4-1/h1-5H2. The summed E-state index contributed by atoms with van der Waals surface area (Å²) >= 11 is 0. The van der Waals surface area contributed by atoms with E-state index in [2.05, 4.69) is 0 Å². The molecule has 0 aliphatic carbocycles. The zero-order chi connectivity index (χ0) is 3.54. The normalized spacial score (nSPS) is 33.6. The highest BCUT2D eigenvalue weighted by Gasteiger charge is 1.97. The quantitative estimate of drug-likeness (QED) is 0.363. The molecule has 0 unspecified atom stereocenters. The van der Waals surface area contributed by atoms with Crippen LogP contribution in [-0.2, 0) is 0 Å². The second-order valence-corrected chi connectivity index (χ2v) is 7.42. The summed E-state index contributed by atoms with van der Waals surface area (Å²) < 4.78 is 0. The van der Waals surface area contributed by atoms with Crippen molar-refractivity contribution in [1.29, 1.82) is 0 Å². The maximum absolute atomic E-state index is 1.78. The Bertz CT molecular complexity index is 16.5. The first kappa shape index (κ1) is 3.62. The minimum absolute atomic E-state index is 0.605. The molecular formula is C3H10Si2. The van der Waals surface area contributed by atoms with E-state index < -0.39 is 0 Å². The van der Waals surface area contributed by atoms with Crippen LogP contribution in [0.15, 0.2) is 0 Å². The lowest BCUT2D eigenvalue weighted by atomic mass is 11.0. The molecular weight excluding hydrogens is 92.2 g/mol. The SMILES string of the molecule is C1C[SiH2]C[SiH2]1. The molecule has 1 saturated heterocycles. The summed E-state index contributed by atoms with van der Waals surface area (Å²) in [5, 5.41) is 0. The van der Waals surface area contributed by atoms with Gasteiger partial charge in [-0.3, -0.25) is 0 Å². The molecule has 0 aromatic carbocycles. The van der Waals surface area contributed by atoms with E-state index in [0.29, 0.717) is 19.0 Å². The highest BCUT2D eigenvalue weighted by atomic mass is 28.3.